The van der Waals surface area contributed by atoms with Gasteiger partial charge in [0.15, 0.2) is 0 Å². The highest BCUT2D eigenvalue weighted by Gasteiger charge is 2.11. The molecule has 186 valence electrons. The molecule has 0 aromatic carbocycles. The summed E-state index contributed by atoms with van der Waals surface area (Å²) in [6, 6.07) is 0. The molecule has 0 rings (SSSR count). The van der Waals surface area contributed by atoms with E-state index in [0.29, 0.717) is 19.0 Å². The lowest BCUT2D eigenvalue weighted by atomic mass is 10.0. The van der Waals surface area contributed by atoms with Gasteiger partial charge in [0.05, 0.1) is 6.61 Å². The van der Waals surface area contributed by atoms with Crippen LogP contribution in [0.5, 0.6) is 0 Å². The first kappa shape index (κ1) is 30.5. The Bertz CT molecular complexity index is 371. The first-order valence-electron chi connectivity index (χ1n) is 12.8. The SMILES string of the molecule is CCCCCCCCCCCCCCCCCCOC[C@H](COC(=O)NCCCl)OC. The number of carbonyl (C=O) groups excluding carboxylic acids is 1. The summed E-state index contributed by atoms with van der Waals surface area (Å²) in [5.41, 5.74) is 0. The Labute approximate surface area is 197 Å². The van der Waals surface area contributed by atoms with Gasteiger partial charge in [0.2, 0.25) is 0 Å². The van der Waals surface area contributed by atoms with E-state index in [4.69, 9.17) is 25.8 Å². The van der Waals surface area contributed by atoms with Crippen LogP contribution in [-0.4, -0.2) is 51.6 Å². The van der Waals surface area contributed by atoms with Gasteiger partial charge >= 0.3 is 6.09 Å². The number of ether oxygens (including phenoxy) is 3. The van der Waals surface area contributed by atoms with Crippen LogP contribution in [0.2, 0.25) is 0 Å². The van der Waals surface area contributed by atoms with Crippen molar-refractivity contribution in [1.29, 1.82) is 0 Å². The number of hydrogen-bond donors (Lipinski definition) is 1. The highest BCUT2D eigenvalue weighted by atomic mass is 35.5. The monoisotopic (exact) mass is 463 g/mol. The molecule has 1 atom stereocenters. The number of carbonyl (C=O) groups is 1. The fraction of sp³-hybridized carbons (Fsp3) is 0.960. The van der Waals surface area contributed by atoms with Crippen molar-refractivity contribution in [3.05, 3.63) is 0 Å². The van der Waals surface area contributed by atoms with E-state index in [2.05, 4.69) is 12.2 Å². The zero-order chi connectivity index (χ0) is 22.8. The Morgan fingerprint density at radius 3 is 1.71 bits per heavy atom. The van der Waals surface area contributed by atoms with E-state index in [1.54, 1.807) is 7.11 Å². The van der Waals surface area contributed by atoms with E-state index < -0.39 is 6.09 Å². The summed E-state index contributed by atoms with van der Waals surface area (Å²) in [5.74, 6) is 0.366. The zero-order valence-corrected chi connectivity index (χ0v) is 21.2. The largest absolute Gasteiger partial charge is 0.447 e. The summed E-state index contributed by atoms with van der Waals surface area (Å²) in [6.45, 7) is 4.04. The van der Waals surface area contributed by atoms with Crippen LogP contribution < -0.4 is 5.32 Å². The second kappa shape index (κ2) is 25.7. The zero-order valence-electron chi connectivity index (χ0n) is 20.4. The number of halogens is 1. The Kier molecular flexibility index (Phi) is 25.3. The van der Waals surface area contributed by atoms with Gasteiger partial charge in [0, 0.05) is 26.1 Å². The number of alkyl carbamates (subject to hydrolysis) is 1. The molecule has 6 heteroatoms. The van der Waals surface area contributed by atoms with Gasteiger partial charge < -0.3 is 19.5 Å². The van der Waals surface area contributed by atoms with Crippen molar-refractivity contribution < 1.29 is 19.0 Å². The van der Waals surface area contributed by atoms with Crippen LogP contribution >= 0.6 is 11.6 Å². The van der Waals surface area contributed by atoms with Crippen LogP contribution in [0.25, 0.3) is 0 Å². The fourth-order valence-electron chi connectivity index (χ4n) is 3.52. The molecule has 0 radical (unpaired) electrons. The summed E-state index contributed by atoms with van der Waals surface area (Å²) < 4.78 is 16.0. The molecule has 31 heavy (non-hydrogen) atoms. The summed E-state index contributed by atoms with van der Waals surface area (Å²) >= 11 is 5.51. The molecule has 0 aromatic heterocycles. The summed E-state index contributed by atoms with van der Waals surface area (Å²) in [4.78, 5) is 11.4. The molecule has 1 N–H and O–H groups in total. The summed E-state index contributed by atoms with van der Waals surface area (Å²) in [6.07, 6.45) is 21.2. The van der Waals surface area contributed by atoms with Gasteiger partial charge in [-0.3, -0.25) is 0 Å². The van der Waals surface area contributed by atoms with E-state index in [-0.39, 0.29) is 12.7 Å². The highest BCUT2D eigenvalue weighted by molar-refractivity contribution is 6.18. The van der Waals surface area contributed by atoms with E-state index >= 15 is 0 Å². The lowest BCUT2D eigenvalue weighted by Gasteiger charge is -2.16. The molecular weight excluding hydrogens is 414 g/mol. The lowest BCUT2D eigenvalue weighted by molar-refractivity contribution is -0.0247. The first-order valence-corrected chi connectivity index (χ1v) is 13.3. The molecule has 0 fully saturated rings. The molecule has 0 heterocycles. The minimum Gasteiger partial charge on any atom is -0.447 e. The molecule has 0 spiro atoms. The van der Waals surface area contributed by atoms with Crippen molar-refractivity contribution in [2.75, 3.05) is 39.4 Å². The van der Waals surface area contributed by atoms with Gasteiger partial charge in [0.1, 0.15) is 12.7 Å². The van der Waals surface area contributed by atoms with Crippen LogP contribution in [0.15, 0.2) is 0 Å². The standard InChI is InChI=1S/C25H50ClNO4/c1-3-4-5-6-7-8-9-10-11-12-13-14-15-16-17-18-21-30-22-24(29-2)23-31-25(28)27-20-19-26/h24H,3-23H2,1-2H3,(H,27,28)/t24-/m1/s1. The predicted molar refractivity (Wildman–Crippen MR) is 131 cm³/mol. The number of methoxy groups -OCH3 is 1. The fourth-order valence-corrected chi connectivity index (χ4v) is 3.61. The topological polar surface area (TPSA) is 56.8 Å². The van der Waals surface area contributed by atoms with Gasteiger partial charge in [-0.1, -0.05) is 103 Å². The minimum absolute atomic E-state index is 0.184. The summed E-state index contributed by atoms with van der Waals surface area (Å²) in [7, 11) is 1.60. The third-order valence-electron chi connectivity index (χ3n) is 5.54. The quantitative estimate of drug-likeness (QED) is 0.121. The van der Waals surface area contributed by atoms with Crippen LogP contribution in [0.4, 0.5) is 4.79 Å². The van der Waals surface area contributed by atoms with Gasteiger partial charge in [-0.05, 0) is 6.42 Å². The molecule has 1 amide bonds. The molecule has 5 nitrogen and oxygen atoms in total. The van der Waals surface area contributed by atoms with E-state index in [9.17, 15) is 4.79 Å². The predicted octanol–water partition coefficient (Wildman–Crippen LogP) is 7.24. The maximum Gasteiger partial charge on any atom is 0.407 e. The van der Waals surface area contributed by atoms with Crippen LogP contribution in [-0.2, 0) is 14.2 Å². The first-order chi connectivity index (χ1) is 15.2. The molecule has 0 aliphatic heterocycles. The second-order valence-corrected chi connectivity index (χ2v) is 8.83. The van der Waals surface area contributed by atoms with Gasteiger partial charge in [-0.25, -0.2) is 4.79 Å². The molecular formula is C25H50ClNO4. The average molecular weight is 464 g/mol. The molecule has 0 saturated heterocycles. The number of unbranched alkanes of at least 4 members (excludes halogenated alkanes) is 15. The summed E-state index contributed by atoms with van der Waals surface area (Å²) in [5, 5.41) is 2.55. The van der Waals surface area contributed by atoms with Crippen LogP contribution in [0, 0.1) is 0 Å². The van der Waals surface area contributed by atoms with Crippen LogP contribution in [0.3, 0.4) is 0 Å². The van der Waals surface area contributed by atoms with Crippen molar-refractivity contribution in [2.24, 2.45) is 0 Å². The normalized spacial score (nSPS) is 12.1. The average Bonchev–Trinajstić information content (AvgIpc) is 2.78. The smallest absolute Gasteiger partial charge is 0.407 e. The van der Waals surface area contributed by atoms with Crippen molar-refractivity contribution in [3.63, 3.8) is 0 Å². The Morgan fingerprint density at radius 2 is 1.26 bits per heavy atom. The van der Waals surface area contributed by atoms with Crippen molar-refractivity contribution in [1.82, 2.24) is 5.32 Å². The number of alkyl halides is 1. The molecule has 0 saturated carbocycles. The Balaban J connectivity index is 3.27. The van der Waals surface area contributed by atoms with Crippen molar-refractivity contribution in [2.45, 2.75) is 116 Å². The van der Waals surface area contributed by atoms with E-state index in [1.807, 2.05) is 0 Å². The number of hydrogen-bond acceptors (Lipinski definition) is 4. The number of amides is 1. The lowest BCUT2D eigenvalue weighted by Crippen LogP contribution is -2.31. The molecule has 0 unspecified atom stereocenters. The number of rotatable bonds is 24. The van der Waals surface area contributed by atoms with Crippen molar-refractivity contribution >= 4 is 17.7 Å². The van der Waals surface area contributed by atoms with Gasteiger partial charge in [-0.2, -0.15) is 0 Å². The second-order valence-electron chi connectivity index (χ2n) is 8.45. The number of nitrogens with one attached hydrogen (secondary N) is 1. The maximum absolute atomic E-state index is 11.4. The third kappa shape index (κ3) is 24.0. The third-order valence-corrected chi connectivity index (χ3v) is 5.73. The van der Waals surface area contributed by atoms with Crippen molar-refractivity contribution in [3.8, 4) is 0 Å². The molecule has 0 bridgehead atoms. The molecule has 0 aliphatic carbocycles. The van der Waals surface area contributed by atoms with Gasteiger partial charge in [0.25, 0.3) is 0 Å². The van der Waals surface area contributed by atoms with Gasteiger partial charge in [-0.15, -0.1) is 11.6 Å². The Hall–Kier alpha value is -0.520. The minimum atomic E-state index is -0.472. The maximum atomic E-state index is 11.4. The Morgan fingerprint density at radius 1 is 0.774 bits per heavy atom. The van der Waals surface area contributed by atoms with E-state index in [1.165, 1.54) is 96.3 Å². The molecule has 0 aromatic rings. The highest BCUT2D eigenvalue weighted by Crippen LogP contribution is 2.13. The van der Waals surface area contributed by atoms with Crippen LogP contribution in [0.1, 0.15) is 110 Å². The van der Waals surface area contributed by atoms with E-state index in [0.717, 1.165) is 13.0 Å². The molecule has 0 aliphatic rings.